The number of benzene rings is 1. The fraction of sp³-hybridized carbons (Fsp3) is 0.333. The molecule has 120 valence electrons. The fourth-order valence-corrected chi connectivity index (χ4v) is 2.33. The number of hydrogen-bond acceptors (Lipinski definition) is 5. The van der Waals surface area contributed by atoms with Gasteiger partial charge in [-0.05, 0) is 30.9 Å². The van der Waals surface area contributed by atoms with Crippen molar-refractivity contribution in [1.29, 1.82) is 0 Å². The molecule has 3 rings (SSSR count). The second-order valence-corrected chi connectivity index (χ2v) is 5.63. The van der Waals surface area contributed by atoms with Gasteiger partial charge in [-0.2, -0.15) is 5.10 Å². The Morgan fingerprint density at radius 1 is 1.48 bits per heavy atom. The van der Waals surface area contributed by atoms with Crippen LogP contribution in [0.4, 0.5) is 5.69 Å². The Morgan fingerprint density at radius 3 is 2.96 bits per heavy atom. The first-order chi connectivity index (χ1) is 11.0. The Balaban J connectivity index is 1.68. The van der Waals surface area contributed by atoms with Crippen molar-refractivity contribution in [3.05, 3.63) is 52.3 Å². The summed E-state index contributed by atoms with van der Waals surface area (Å²) in [6.45, 7) is 0.424. The predicted molar refractivity (Wildman–Crippen MR) is 83.3 cm³/mol. The molecule has 1 aliphatic carbocycles. The number of hydrogen-bond donors (Lipinski definition) is 2. The topological polar surface area (TPSA) is 116 Å². The molecule has 0 bridgehead atoms. The zero-order chi connectivity index (χ0) is 16.4. The lowest BCUT2D eigenvalue weighted by Gasteiger charge is -2.10. The van der Waals surface area contributed by atoms with Gasteiger partial charge >= 0.3 is 0 Å². The van der Waals surface area contributed by atoms with Crippen molar-refractivity contribution in [2.45, 2.75) is 18.9 Å². The SMILES string of the molecule is NC(CNC(=O)c1ccn(-c2cccc([N+](=O)[O-])c2)n1)C1CC1. The summed E-state index contributed by atoms with van der Waals surface area (Å²) in [6, 6.07) is 7.61. The molecule has 1 unspecified atom stereocenters. The number of nitro benzene ring substituents is 1. The van der Waals surface area contributed by atoms with Crippen molar-refractivity contribution >= 4 is 11.6 Å². The molecule has 1 atom stereocenters. The predicted octanol–water partition coefficient (Wildman–Crippen LogP) is 1.25. The molecule has 1 heterocycles. The Labute approximate surface area is 132 Å². The number of amides is 1. The minimum atomic E-state index is -0.472. The number of carbonyl (C=O) groups is 1. The van der Waals surface area contributed by atoms with Crippen molar-refractivity contribution in [3.63, 3.8) is 0 Å². The van der Waals surface area contributed by atoms with E-state index < -0.39 is 4.92 Å². The first kappa shape index (κ1) is 15.2. The highest BCUT2D eigenvalue weighted by molar-refractivity contribution is 5.92. The lowest BCUT2D eigenvalue weighted by atomic mass is 10.2. The molecule has 0 saturated heterocycles. The van der Waals surface area contributed by atoms with Gasteiger partial charge in [0.05, 0.1) is 10.6 Å². The summed E-state index contributed by atoms with van der Waals surface area (Å²) in [7, 11) is 0. The first-order valence-corrected chi connectivity index (χ1v) is 7.39. The second-order valence-electron chi connectivity index (χ2n) is 5.63. The fourth-order valence-electron chi connectivity index (χ4n) is 2.33. The molecule has 0 aliphatic heterocycles. The molecule has 1 fully saturated rings. The number of non-ortho nitro benzene ring substituents is 1. The number of nitrogens with zero attached hydrogens (tertiary/aromatic N) is 3. The van der Waals surface area contributed by atoms with Gasteiger partial charge in [0.2, 0.25) is 0 Å². The van der Waals surface area contributed by atoms with E-state index in [1.807, 2.05) is 0 Å². The van der Waals surface area contributed by atoms with Crippen LogP contribution in [0.5, 0.6) is 0 Å². The molecule has 1 saturated carbocycles. The van der Waals surface area contributed by atoms with E-state index in [-0.39, 0.29) is 23.3 Å². The molecule has 1 aromatic heterocycles. The number of carbonyl (C=O) groups excluding carboxylic acids is 1. The lowest BCUT2D eigenvalue weighted by molar-refractivity contribution is -0.384. The highest BCUT2D eigenvalue weighted by Crippen LogP contribution is 2.31. The molecular formula is C15H17N5O3. The normalized spacial score (nSPS) is 15.2. The third-order valence-corrected chi connectivity index (χ3v) is 3.85. The summed E-state index contributed by atoms with van der Waals surface area (Å²) in [5.41, 5.74) is 6.68. The maximum Gasteiger partial charge on any atom is 0.271 e. The van der Waals surface area contributed by atoms with Crippen LogP contribution in [-0.2, 0) is 0 Å². The summed E-state index contributed by atoms with van der Waals surface area (Å²) in [5, 5.41) is 17.7. The van der Waals surface area contributed by atoms with Crippen molar-refractivity contribution in [2.24, 2.45) is 11.7 Å². The van der Waals surface area contributed by atoms with Crippen LogP contribution in [0.2, 0.25) is 0 Å². The molecule has 1 aliphatic rings. The zero-order valence-electron chi connectivity index (χ0n) is 12.4. The van der Waals surface area contributed by atoms with Gasteiger partial charge in [0, 0.05) is 30.9 Å². The van der Waals surface area contributed by atoms with E-state index in [9.17, 15) is 14.9 Å². The van der Waals surface area contributed by atoms with E-state index >= 15 is 0 Å². The molecule has 1 amide bonds. The van der Waals surface area contributed by atoms with Crippen LogP contribution in [0.25, 0.3) is 5.69 Å². The van der Waals surface area contributed by atoms with Crippen LogP contribution in [0.1, 0.15) is 23.3 Å². The molecule has 23 heavy (non-hydrogen) atoms. The Morgan fingerprint density at radius 2 is 2.26 bits per heavy atom. The zero-order valence-corrected chi connectivity index (χ0v) is 12.4. The number of nitrogens with two attached hydrogens (primary N) is 1. The van der Waals surface area contributed by atoms with Crippen LogP contribution >= 0.6 is 0 Å². The third-order valence-electron chi connectivity index (χ3n) is 3.85. The quantitative estimate of drug-likeness (QED) is 0.614. The highest BCUT2D eigenvalue weighted by Gasteiger charge is 2.28. The number of rotatable bonds is 6. The van der Waals surface area contributed by atoms with Gasteiger partial charge in [-0.25, -0.2) is 4.68 Å². The molecule has 0 spiro atoms. The van der Waals surface area contributed by atoms with E-state index in [0.717, 1.165) is 12.8 Å². The summed E-state index contributed by atoms with van der Waals surface area (Å²) in [5.74, 6) is 0.211. The van der Waals surface area contributed by atoms with Gasteiger partial charge in [-0.15, -0.1) is 0 Å². The Hall–Kier alpha value is -2.74. The molecular weight excluding hydrogens is 298 g/mol. The molecule has 1 aromatic carbocycles. The van der Waals surface area contributed by atoms with Crippen molar-refractivity contribution < 1.29 is 9.72 Å². The smallest absolute Gasteiger partial charge is 0.271 e. The van der Waals surface area contributed by atoms with Crippen molar-refractivity contribution in [2.75, 3.05) is 6.54 Å². The lowest BCUT2D eigenvalue weighted by Crippen LogP contribution is -2.38. The van der Waals surface area contributed by atoms with Gasteiger partial charge in [0.1, 0.15) is 0 Å². The van der Waals surface area contributed by atoms with Gasteiger partial charge in [0.15, 0.2) is 5.69 Å². The van der Waals surface area contributed by atoms with Crippen LogP contribution < -0.4 is 11.1 Å². The number of nitrogens with one attached hydrogen (secondary N) is 1. The average molecular weight is 315 g/mol. The third kappa shape index (κ3) is 3.54. The van der Waals surface area contributed by atoms with Crippen LogP contribution in [0.15, 0.2) is 36.5 Å². The van der Waals surface area contributed by atoms with Crippen LogP contribution in [-0.4, -0.2) is 33.2 Å². The summed E-state index contributed by atoms with van der Waals surface area (Å²) in [4.78, 5) is 22.4. The maximum absolute atomic E-state index is 12.1. The largest absolute Gasteiger partial charge is 0.349 e. The number of nitro groups is 1. The minimum Gasteiger partial charge on any atom is -0.349 e. The Bertz CT molecular complexity index is 738. The van der Waals surface area contributed by atoms with E-state index in [0.29, 0.717) is 18.2 Å². The Kier molecular flexibility index (Phi) is 4.07. The standard InChI is InChI=1S/C15H17N5O3/c16-13(10-4-5-10)9-17-15(21)14-6-7-19(18-14)11-2-1-3-12(8-11)20(22)23/h1-3,6-8,10,13H,4-5,9,16H2,(H,17,21). The summed E-state index contributed by atoms with van der Waals surface area (Å²) < 4.78 is 1.43. The highest BCUT2D eigenvalue weighted by atomic mass is 16.6. The van der Waals surface area contributed by atoms with E-state index in [1.54, 1.807) is 24.4 Å². The molecule has 8 heteroatoms. The average Bonchev–Trinajstić information content (AvgIpc) is 3.29. The molecule has 0 radical (unpaired) electrons. The van der Waals surface area contributed by atoms with Gasteiger partial charge in [0.25, 0.3) is 11.6 Å². The second kappa shape index (κ2) is 6.17. The van der Waals surface area contributed by atoms with E-state index in [2.05, 4.69) is 10.4 Å². The molecule has 2 aromatic rings. The number of aromatic nitrogens is 2. The summed E-state index contributed by atoms with van der Waals surface area (Å²) >= 11 is 0. The first-order valence-electron chi connectivity index (χ1n) is 7.39. The van der Waals surface area contributed by atoms with E-state index in [4.69, 9.17) is 5.73 Å². The van der Waals surface area contributed by atoms with Crippen LogP contribution in [0, 0.1) is 16.0 Å². The minimum absolute atomic E-state index is 0.0159. The van der Waals surface area contributed by atoms with E-state index in [1.165, 1.54) is 16.8 Å². The summed E-state index contributed by atoms with van der Waals surface area (Å²) in [6.07, 6.45) is 3.84. The van der Waals surface area contributed by atoms with Crippen molar-refractivity contribution in [3.8, 4) is 5.69 Å². The van der Waals surface area contributed by atoms with Gasteiger partial charge in [-0.3, -0.25) is 14.9 Å². The van der Waals surface area contributed by atoms with Gasteiger partial charge < -0.3 is 11.1 Å². The molecule has 8 nitrogen and oxygen atoms in total. The monoisotopic (exact) mass is 315 g/mol. The van der Waals surface area contributed by atoms with Crippen molar-refractivity contribution in [1.82, 2.24) is 15.1 Å². The molecule has 3 N–H and O–H groups in total. The maximum atomic E-state index is 12.1. The van der Waals surface area contributed by atoms with Crippen LogP contribution in [0.3, 0.4) is 0 Å². The van der Waals surface area contributed by atoms with Gasteiger partial charge in [-0.1, -0.05) is 6.07 Å².